The first-order valence-electron chi connectivity index (χ1n) is 8.41. The van der Waals surface area contributed by atoms with Crippen molar-refractivity contribution >= 4 is 45.5 Å². The fourth-order valence-corrected chi connectivity index (χ4v) is 4.96. The van der Waals surface area contributed by atoms with E-state index in [1.165, 1.54) is 18.3 Å². The molecule has 2 aromatic heterocycles. The Labute approximate surface area is 159 Å². The number of aryl methyl sites for hydroxylation is 2. The summed E-state index contributed by atoms with van der Waals surface area (Å²) in [5, 5.41) is 7.08. The van der Waals surface area contributed by atoms with Crippen LogP contribution in [0.15, 0.2) is 16.8 Å². The van der Waals surface area contributed by atoms with Crippen LogP contribution in [0.1, 0.15) is 46.1 Å². The first-order chi connectivity index (χ1) is 12.5. The number of thiophene rings is 2. The Balaban J connectivity index is 1.57. The van der Waals surface area contributed by atoms with Gasteiger partial charge < -0.3 is 15.8 Å². The molecule has 1 aliphatic carbocycles. The number of hydrogen-bond donors (Lipinski definition) is 2. The third kappa shape index (κ3) is 4.13. The summed E-state index contributed by atoms with van der Waals surface area (Å²) < 4.78 is 5.20. The maximum Gasteiger partial charge on any atom is 0.306 e. The van der Waals surface area contributed by atoms with Gasteiger partial charge in [0.05, 0.1) is 5.56 Å². The molecule has 0 radical (unpaired) electrons. The molecule has 0 unspecified atom stereocenters. The molecule has 8 heteroatoms. The van der Waals surface area contributed by atoms with E-state index in [9.17, 15) is 14.4 Å². The predicted octanol–water partition coefficient (Wildman–Crippen LogP) is 2.90. The summed E-state index contributed by atoms with van der Waals surface area (Å²) in [7, 11) is 0. The second-order valence-electron chi connectivity index (χ2n) is 6.18. The summed E-state index contributed by atoms with van der Waals surface area (Å²) in [6.07, 6.45) is 2.54. The van der Waals surface area contributed by atoms with E-state index in [4.69, 9.17) is 10.5 Å². The Bertz CT molecular complexity index is 827. The summed E-state index contributed by atoms with van der Waals surface area (Å²) >= 11 is 2.95. The summed E-state index contributed by atoms with van der Waals surface area (Å²) in [6.45, 7) is 1.52. The number of nitrogens with two attached hydrogens (primary N) is 1. The second-order valence-corrected chi connectivity index (χ2v) is 8.06. The summed E-state index contributed by atoms with van der Waals surface area (Å²) in [5.41, 5.74) is 7.89. The minimum absolute atomic E-state index is 0.216. The molecule has 1 atom stereocenters. The molecular formula is C18H20N2O4S2. The molecule has 3 rings (SSSR count). The summed E-state index contributed by atoms with van der Waals surface area (Å²) in [4.78, 5) is 37.1. The summed E-state index contributed by atoms with van der Waals surface area (Å²) in [6, 6.07) is 1.95. The average molecular weight is 393 g/mol. The monoisotopic (exact) mass is 392 g/mol. The van der Waals surface area contributed by atoms with Gasteiger partial charge in [0.2, 0.25) is 0 Å². The second kappa shape index (κ2) is 8.01. The number of carbonyl (C=O) groups is 3. The van der Waals surface area contributed by atoms with Gasteiger partial charge in [-0.15, -0.1) is 11.3 Å². The minimum atomic E-state index is -0.942. The zero-order valence-corrected chi connectivity index (χ0v) is 16.0. The van der Waals surface area contributed by atoms with Crippen molar-refractivity contribution in [2.24, 2.45) is 5.73 Å². The zero-order chi connectivity index (χ0) is 18.7. The fraction of sp³-hybridized carbons (Fsp3) is 0.389. The largest absolute Gasteiger partial charge is 0.453 e. The van der Waals surface area contributed by atoms with Crippen molar-refractivity contribution < 1.29 is 19.1 Å². The number of hydrogen-bond acceptors (Lipinski definition) is 6. The Hall–Kier alpha value is -2.19. The van der Waals surface area contributed by atoms with Crippen molar-refractivity contribution in [3.05, 3.63) is 38.4 Å². The number of fused-ring (bicyclic) bond motifs is 1. The van der Waals surface area contributed by atoms with Gasteiger partial charge in [-0.3, -0.25) is 14.4 Å². The third-order valence-electron chi connectivity index (χ3n) is 4.28. The Kier molecular flexibility index (Phi) is 5.73. The molecule has 2 amide bonds. The SMILES string of the molecule is C[C@@H](OC(=O)CCc1ccsc1)C(=O)Nc1sc2c(c1C(N)=O)CCC2. The predicted molar refractivity (Wildman–Crippen MR) is 102 cm³/mol. The van der Waals surface area contributed by atoms with Crippen LogP contribution in [-0.2, 0) is 33.6 Å². The Morgan fingerprint density at radius 2 is 2.15 bits per heavy atom. The zero-order valence-electron chi connectivity index (χ0n) is 14.4. The highest BCUT2D eigenvalue weighted by Crippen LogP contribution is 2.38. The number of ether oxygens (including phenoxy) is 1. The number of carbonyl (C=O) groups excluding carboxylic acids is 3. The smallest absolute Gasteiger partial charge is 0.306 e. The fourth-order valence-electron chi connectivity index (χ4n) is 2.96. The van der Waals surface area contributed by atoms with E-state index in [1.807, 2.05) is 16.8 Å². The van der Waals surface area contributed by atoms with E-state index in [2.05, 4.69) is 5.32 Å². The van der Waals surface area contributed by atoms with Gasteiger partial charge in [-0.2, -0.15) is 11.3 Å². The molecule has 0 saturated carbocycles. The molecule has 0 saturated heterocycles. The molecule has 3 N–H and O–H groups in total. The molecule has 1 aliphatic rings. The van der Waals surface area contributed by atoms with Crippen LogP contribution in [0.25, 0.3) is 0 Å². The van der Waals surface area contributed by atoms with Gasteiger partial charge in [0.1, 0.15) is 5.00 Å². The molecule has 0 spiro atoms. The molecule has 0 aromatic carbocycles. The molecule has 0 bridgehead atoms. The number of rotatable bonds is 7. The van der Waals surface area contributed by atoms with Crippen LogP contribution in [0.2, 0.25) is 0 Å². The van der Waals surface area contributed by atoms with Crippen molar-refractivity contribution in [2.75, 3.05) is 5.32 Å². The van der Waals surface area contributed by atoms with Crippen LogP contribution >= 0.6 is 22.7 Å². The maximum atomic E-state index is 12.4. The molecule has 26 heavy (non-hydrogen) atoms. The standard InChI is InChI=1S/C18H20N2O4S2/c1-10(24-14(21)6-5-11-7-8-25-9-11)17(23)20-18-15(16(19)22)12-3-2-4-13(12)26-18/h7-10H,2-6H2,1H3,(H2,19,22)(H,20,23)/t10-/m1/s1. The van der Waals surface area contributed by atoms with Crippen molar-refractivity contribution in [3.8, 4) is 0 Å². The van der Waals surface area contributed by atoms with Crippen LogP contribution in [0.4, 0.5) is 5.00 Å². The van der Waals surface area contributed by atoms with E-state index in [1.54, 1.807) is 11.3 Å². The van der Waals surface area contributed by atoms with Gasteiger partial charge in [-0.25, -0.2) is 0 Å². The number of anilines is 1. The quantitative estimate of drug-likeness (QED) is 0.708. The highest BCUT2D eigenvalue weighted by atomic mass is 32.1. The summed E-state index contributed by atoms with van der Waals surface area (Å²) in [5.74, 6) is -1.43. The molecule has 0 fully saturated rings. The number of amides is 2. The van der Waals surface area contributed by atoms with Crippen molar-refractivity contribution in [1.82, 2.24) is 0 Å². The highest BCUT2D eigenvalue weighted by molar-refractivity contribution is 7.17. The van der Waals surface area contributed by atoms with E-state index in [0.29, 0.717) is 17.0 Å². The van der Waals surface area contributed by atoms with Gasteiger partial charge in [0.25, 0.3) is 11.8 Å². The molecule has 0 aliphatic heterocycles. The van der Waals surface area contributed by atoms with Crippen molar-refractivity contribution in [3.63, 3.8) is 0 Å². The molecule has 2 aromatic rings. The van der Waals surface area contributed by atoms with Crippen molar-refractivity contribution in [2.45, 2.75) is 45.1 Å². The Morgan fingerprint density at radius 3 is 2.85 bits per heavy atom. The topological polar surface area (TPSA) is 98.5 Å². The minimum Gasteiger partial charge on any atom is -0.453 e. The first kappa shape index (κ1) is 18.6. The van der Waals surface area contributed by atoms with Crippen LogP contribution < -0.4 is 11.1 Å². The van der Waals surface area contributed by atoms with Gasteiger partial charge in [-0.05, 0) is 60.6 Å². The van der Waals surface area contributed by atoms with E-state index in [-0.39, 0.29) is 6.42 Å². The van der Waals surface area contributed by atoms with Gasteiger partial charge in [0, 0.05) is 11.3 Å². The number of nitrogens with one attached hydrogen (secondary N) is 1. The maximum absolute atomic E-state index is 12.4. The van der Waals surface area contributed by atoms with E-state index in [0.717, 1.165) is 35.3 Å². The molecule has 138 valence electrons. The number of esters is 1. The lowest BCUT2D eigenvalue weighted by atomic mass is 10.1. The molecule has 2 heterocycles. The Morgan fingerprint density at radius 1 is 1.35 bits per heavy atom. The van der Waals surface area contributed by atoms with Crippen LogP contribution in [0.3, 0.4) is 0 Å². The van der Waals surface area contributed by atoms with Crippen molar-refractivity contribution in [1.29, 1.82) is 0 Å². The number of primary amides is 1. The highest BCUT2D eigenvalue weighted by Gasteiger charge is 2.27. The van der Waals surface area contributed by atoms with Crippen LogP contribution in [0.5, 0.6) is 0 Å². The molecule has 6 nitrogen and oxygen atoms in total. The lowest BCUT2D eigenvalue weighted by molar-refractivity contribution is -0.153. The van der Waals surface area contributed by atoms with Gasteiger partial charge in [0.15, 0.2) is 6.10 Å². The lowest BCUT2D eigenvalue weighted by Crippen LogP contribution is -2.30. The third-order valence-corrected chi connectivity index (χ3v) is 6.22. The van der Waals surface area contributed by atoms with Crippen LogP contribution in [-0.4, -0.2) is 23.9 Å². The molecular weight excluding hydrogens is 372 g/mol. The van der Waals surface area contributed by atoms with Gasteiger partial charge in [-0.1, -0.05) is 0 Å². The van der Waals surface area contributed by atoms with E-state index < -0.39 is 23.9 Å². The first-order valence-corrected chi connectivity index (χ1v) is 10.2. The normalized spacial score (nSPS) is 13.9. The van der Waals surface area contributed by atoms with E-state index >= 15 is 0 Å². The average Bonchev–Trinajstić information content (AvgIpc) is 3.29. The van der Waals surface area contributed by atoms with Crippen LogP contribution in [0, 0.1) is 0 Å². The van der Waals surface area contributed by atoms with Gasteiger partial charge >= 0.3 is 5.97 Å². The lowest BCUT2D eigenvalue weighted by Gasteiger charge is -2.13.